The van der Waals surface area contributed by atoms with Crippen LogP contribution in [0, 0.1) is 12.3 Å². The van der Waals surface area contributed by atoms with Crippen molar-refractivity contribution in [1.82, 2.24) is 4.72 Å². The molecule has 0 heterocycles. The third-order valence-corrected chi connectivity index (χ3v) is 5.15. The minimum atomic E-state index is -3.87. The van der Waals surface area contributed by atoms with Crippen LogP contribution >= 0.6 is 11.6 Å². The second-order valence-corrected chi connectivity index (χ2v) is 7.73. The molecular weight excluding hydrogens is 420 g/mol. The molecule has 2 N–H and O–H groups in total. The van der Waals surface area contributed by atoms with E-state index in [4.69, 9.17) is 27.5 Å². The Morgan fingerprint density at radius 1 is 1.21 bits per heavy atom. The highest BCUT2D eigenvalue weighted by molar-refractivity contribution is 7.89. The molecule has 0 saturated heterocycles. The highest BCUT2D eigenvalue weighted by Crippen LogP contribution is 2.27. The molecule has 0 unspecified atom stereocenters. The maximum absolute atomic E-state index is 12.2. The fraction of sp³-hybridized carbons (Fsp3) is 0.158. The van der Waals surface area contributed by atoms with E-state index in [1.54, 1.807) is 12.1 Å². The molecule has 0 spiro atoms. The van der Waals surface area contributed by atoms with E-state index in [-0.39, 0.29) is 17.0 Å². The lowest BCUT2D eigenvalue weighted by molar-refractivity contribution is -0.119. The average Bonchev–Trinajstić information content (AvgIpc) is 2.71. The normalized spacial score (nSPS) is 10.7. The summed E-state index contributed by atoms with van der Waals surface area (Å²) in [5.41, 5.74) is 0.274. The minimum Gasteiger partial charge on any atom is -0.495 e. The Hall–Kier alpha value is -3.06. The molecule has 8 nitrogen and oxygen atoms in total. The number of rotatable bonds is 8. The van der Waals surface area contributed by atoms with Crippen molar-refractivity contribution in [2.24, 2.45) is 0 Å². The third-order valence-electron chi connectivity index (χ3n) is 3.51. The van der Waals surface area contributed by atoms with E-state index in [1.165, 1.54) is 31.4 Å². The van der Waals surface area contributed by atoms with Gasteiger partial charge in [-0.15, -0.1) is 6.42 Å². The number of carbonyl (C=O) groups excluding carboxylic acids is 2. The monoisotopic (exact) mass is 436 g/mol. The number of hydrogen-bond donors (Lipinski definition) is 2. The zero-order chi connectivity index (χ0) is 21.4. The van der Waals surface area contributed by atoms with Crippen molar-refractivity contribution in [1.29, 1.82) is 0 Å². The van der Waals surface area contributed by atoms with Crippen molar-refractivity contribution in [3.8, 4) is 18.1 Å². The molecule has 0 radical (unpaired) electrons. The third kappa shape index (κ3) is 6.22. The van der Waals surface area contributed by atoms with Gasteiger partial charge in [0, 0.05) is 5.02 Å². The Morgan fingerprint density at radius 2 is 1.97 bits per heavy atom. The van der Waals surface area contributed by atoms with Gasteiger partial charge in [0.15, 0.2) is 6.61 Å². The van der Waals surface area contributed by atoms with Crippen LogP contribution in [0.1, 0.15) is 10.4 Å². The van der Waals surface area contributed by atoms with E-state index in [1.807, 2.05) is 0 Å². The summed E-state index contributed by atoms with van der Waals surface area (Å²) in [7, 11) is -2.44. The molecule has 2 rings (SSSR count). The van der Waals surface area contributed by atoms with Crippen LogP contribution < -0.4 is 14.8 Å². The Balaban J connectivity index is 2.03. The summed E-state index contributed by atoms with van der Waals surface area (Å²) in [4.78, 5) is 24.1. The van der Waals surface area contributed by atoms with Crippen LogP contribution in [-0.2, 0) is 19.6 Å². The van der Waals surface area contributed by atoms with Crippen molar-refractivity contribution >= 4 is 39.2 Å². The average molecular weight is 437 g/mol. The van der Waals surface area contributed by atoms with E-state index in [0.29, 0.717) is 16.5 Å². The van der Waals surface area contributed by atoms with Gasteiger partial charge in [-0.3, -0.25) is 4.79 Å². The molecule has 0 aliphatic heterocycles. The first kappa shape index (κ1) is 22.2. The molecule has 152 valence electrons. The Morgan fingerprint density at radius 3 is 2.66 bits per heavy atom. The summed E-state index contributed by atoms with van der Waals surface area (Å²) in [6.07, 6.45) is 5.04. The van der Waals surface area contributed by atoms with Crippen LogP contribution in [-0.4, -0.2) is 40.6 Å². The van der Waals surface area contributed by atoms with Gasteiger partial charge in [-0.05, 0) is 36.4 Å². The van der Waals surface area contributed by atoms with Crippen molar-refractivity contribution in [3.63, 3.8) is 0 Å². The van der Waals surface area contributed by atoms with Crippen molar-refractivity contribution in [2.45, 2.75) is 4.90 Å². The molecule has 0 aliphatic carbocycles. The van der Waals surface area contributed by atoms with E-state index in [2.05, 4.69) is 16.0 Å². The number of methoxy groups -OCH3 is 1. The molecular formula is C19H17ClN2O6S. The standard InChI is InChI=1S/C19H17ClN2O6S/c1-3-9-21-29(25,26)15-6-4-5-13(10-15)19(24)28-12-18(23)22-16-11-14(20)7-8-17(16)27-2/h1,4-8,10-11,21H,9,12H2,2H3,(H,22,23). The van der Waals surface area contributed by atoms with Gasteiger partial charge < -0.3 is 14.8 Å². The maximum Gasteiger partial charge on any atom is 0.338 e. The first-order valence-electron chi connectivity index (χ1n) is 8.10. The van der Waals surface area contributed by atoms with E-state index < -0.39 is 28.5 Å². The molecule has 0 saturated carbocycles. The van der Waals surface area contributed by atoms with Crippen LogP contribution in [0.3, 0.4) is 0 Å². The van der Waals surface area contributed by atoms with Gasteiger partial charge in [0.1, 0.15) is 5.75 Å². The zero-order valence-electron chi connectivity index (χ0n) is 15.3. The van der Waals surface area contributed by atoms with Gasteiger partial charge in [0.05, 0.1) is 29.8 Å². The van der Waals surface area contributed by atoms with Gasteiger partial charge in [0.2, 0.25) is 10.0 Å². The van der Waals surface area contributed by atoms with Crippen LogP contribution in [0.15, 0.2) is 47.4 Å². The quantitative estimate of drug-likeness (QED) is 0.484. The smallest absolute Gasteiger partial charge is 0.338 e. The van der Waals surface area contributed by atoms with E-state index in [9.17, 15) is 18.0 Å². The van der Waals surface area contributed by atoms with Gasteiger partial charge >= 0.3 is 5.97 Å². The second-order valence-electron chi connectivity index (χ2n) is 5.53. The van der Waals surface area contributed by atoms with E-state index in [0.717, 1.165) is 6.07 Å². The summed E-state index contributed by atoms with van der Waals surface area (Å²) in [5, 5.41) is 2.90. The van der Waals surface area contributed by atoms with Crippen LogP contribution in [0.25, 0.3) is 0 Å². The number of amides is 1. The first-order valence-corrected chi connectivity index (χ1v) is 9.96. The Kier molecular flexibility index (Phi) is 7.61. The lowest BCUT2D eigenvalue weighted by Crippen LogP contribution is -2.24. The minimum absolute atomic E-state index is 0.0401. The molecule has 0 atom stereocenters. The molecule has 0 aliphatic rings. The molecule has 0 fully saturated rings. The fourth-order valence-electron chi connectivity index (χ4n) is 2.19. The number of esters is 1. The molecule has 1 amide bonds. The highest BCUT2D eigenvalue weighted by Gasteiger charge is 2.17. The number of halogens is 1. The van der Waals surface area contributed by atoms with Crippen LogP contribution in [0.2, 0.25) is 5.02 Å². The highest BCUT2D eigenvalue weighted by atomic mass is 35.5. The van der Waals surface area contributed by atoms with E-state index >= 15 is 0 Å². The molecule has 0 bridgehead atoms. The first-order chi connectivity index (χ1) is 13.8. The van der Waals surface area contributed by atoms with Crippen LogP contribution in [0.5, 0.6) is 5.75 Å². The molecule has 0 aromatic heterocycles. The number of ether oxygens (including phenoxy) is 2. The zero-order valence-corrected chi connectivity index (χ0v) is 16.8. The summed E-state index contributed by atoms with van der Waals surface area (Å²) in [6, 6.07) is 9.81. The number of nitrogens with one attached hydrogen (secondary N) is 2. The molecule has 2 aromatic rings. The summed E-state index contributed by atoms with van der Waals surface area (Å²) >= 11 is 5.89. The number of benzene rings is 2. The van der Waals surface area contributed by atoms with Crippen molar-refractivity contribution < 1.29 is 27.5 Å². The summed E-state index contributed by atoms with van der Waals surface area (Å²) in [5.74, 6) is 1.04. The van der Waals surface area contributed by atoms with Crippen molar-refractivity contribution in [2.75, 3.05) is 25.6 Å². The predicted octanol–water partition coefficient (Wildman–Crippen LogP) is 2.06. The second kappa shape index (κ2) is 9.93. The Labute approximate surface area is 173 Å². The number of anilines is 1. The maximum atomic E-state index is 12.2. The summed E-state index contributed by atoms with van der Waals surface area (Å²) < 4.78 is 36.4. The molecule has 10 heteroatoms. The lowest BCUT2D eigenvalue weighted by Gasteiger charge is -2.11. The SMILES string of the molecule is C#CCNS(=O)(=O)c1cccc(C(=O)OCC(=O)Nc2cc(Cl)ccc2OC)c1. The molecule has 2 aromatic carbocycles. The fourth-order valence-corrected chi connectivity index (χ4v) is 3.34. The largest absolute Gasteiger partial charge is 0.495 e. The topological polar surface area (TPSA) is 111 Å². The van der Waals surface area contributed by atoms with Gasteiger partial charge in [-0.2, -0.15) is 4.72 Å². The summed E-state index contributed by atoms with van der Waals surface area (Å²) in [6.45, 7) is -0.787. The van der Waals surface area contributed by atoms with Gasteiger partial charge in [-0.25, -0.2) is 13.2 Å². The Bertz CT molecular complexity index is 1060. The number of terminal acetylenes is 1. The lowest BCUT2D eigenvalue weighted by atomic mass is 10.2. The van der Waals surface area contributed by atoms with Gasteiger partial charge in [0.25, 0.3) is 5.91 Å². The van der Waals surface area contributed by atoms with Crippen LogP contribution in [0.4, 0.5) is 5.69 Å². The number of hydrogen-bond acceptors (Lipinski definition) is 6. The van der Waals surface area contributed by atoms with Crippen molar-refractivity contribution in [3.05, 3.63) is 53.1 Å². The predicted molar refractivity (Wildman–Crippen MR) is 107 cm³/mol. The number of sulfonamides is 1. The van der Waals surface area contributed by atoms with Gasteiger partial charge in [-0.1, -0.05) is 23.6 Å². The number of carbonyl (C=O) groups is 2. The molecule has 29 heavy (non-hydrogen) atoms.